The lowest BCUT2D eigenvalue weighted by Gasteiger charge is -2.19. The molecule has 0 unspecified atom stereocenters. The zero-order chi connectivity index (χ0) is 15.9. The Bertz CT molecular complexity index is 714. The number of nitrogens with two attached hydrogens (primary N) is 1. The predicted octanol–water partition coefficient (Wildman–Crippen LogP) is 1.80. The second-order valence-corrected chi connectivity index (χ2v) is 4.26. The van der Waals surface area contributed by atoms with Crippen LogP contribution in [0.25, 0.3) is 0 Å². The Morgan fingerprint density at radius 1 is 1.14 bits per heavy atom. The third-order valence-electron chi connectivity index (χ3n) is 2.79. The average molecular weight is 297 g/mol. The molecule has 1 heterocycles. The van der Waals surface area contributed by atoms with E-state index >= 15 is 0 Å². The van der Waals surface area contributed by atoms with Crippen molar-refractivity contribution in [1.82, 2.24) is 9.97 Å². The van der Waals surface area contributed by atoms with E-state index in [1.165, 1.54) is 23.4 Å². The average Bonchev–Trinajstić information content (AvgIpc) is 2.51. The summed E-state index contributed by atoms with van der Waals surface area (Å²) in [6, 6.07) is 9.59. The van der Waals surface area contributed by atoms with Gasteiger partial charge in [-0.2, -0.15) is 10.5 Å². The molecule has 0 aliphatic carbocycles. The normalized spacial score (nSPS) is 9.59. The molecule has 0 saturated heterocycles. The molecule has 110 valence electrons. The number of nitrogen functional groups attached to an aromatic ring is 1. The fourth-order valence-electron chi connectivity index (χ4n) is 1.78. The standard InChI is InChI=1S/C14H12FN7/c15-10-1-3-11(4-2-10)21-13-12(18)14(20-9-19-13)22(7-5-16)8-6-17/h1-4,9H,7-8,18H2,(H,19,20,21). The lowest BCUT2D eigenvalue weighted by atomic mass is 10.3. The highest BCUT2D eigenvalue weighted by Crippen LogP contribution is 2.28. The van der Waals surface area contributed by atoms with Crippen LogP contribution in [-0.2, 0) is 0 Å². The number of halogens is 1. The van der Waals surface area contributed by atoms with Gasteiger partial charge in [0.05, 0.1) is 12.1 Å². The number of nitrogens with zero attached hydrogens (tertiary/aromatic N) is 5. The first-order valence-electron chi connectivity index (χ1n) is 6.27. The summed E-state index contributed by atoms with van der Waals surface area (Å²) in [6.45, 7) is -0.0461. The van der Waals surface area contributed by atoms with E-state index < -0.39 is 0 Å². The van der Waals surface area contributed by atoms with Gasteiger partial charge < -0.3 is 16.0 Å². The zero-order valence-electron chi connectivity index (χ0n) is 11.5. The molecular weight excluding hydrogens is 285 g/mol. The van der Waals surface area contributed by atoms with E-state index in [1.54, 1.807) is 12.1 Å². The van der Waals surface area contributed by atoms with Crippen molar-refractivity contribution in [3.8, 4) is 12.1 Å². The van der Waals surface area contributed by atoms with Crippen LogP contribution in [0.5, 0.6) is 0 Å². The van der Waals surface area contributed by atoms with Crippen LogP contribution in [0.1, 0.15) is 0 Å². The number of nitrogens with one attached hydrogen (secondary N) is 1. The van der Waals surface area contributed by atoms with Gasteiger partial charge in [0.15, 0.2) is 11.6 Å². The number of rotatable bonds is 5. The summed E-state index contributed by atoms with van der Waals surface area (Å²) in [4.78, 5) is 9.48. The van der Waals surface area contributed by atoms with E-state index in [2.05, 4.69) is 15.3 Å². The minimum absolute atomic E-state index is 0.0231. The Morgan fingerprint density at radius 2 is 1.77 bits per heavy atom. The fourth-order valence-corrected chi connectivity index (χ4v) is 1.78. The molecule has 0 aliphatic heterocycles. The van der Waals surface area contributed by atoms with E-state index in [1.807, 2.05) is 12.1 Å². The van der Waals surface area contributed by atoms with E-state index in [0.717, 1.165) is 0 Å². The molecule has 0 aliphatic rings. The molecular formula is C14H12FN7. The maximum atomic E-state index is 12.9. The summed E-state index contributed by atoms with van der Waals surface area (Å²) >= 11 is 0. The summed E-state index contributed by atoms with van der Waals surface area (Å²) in [7, 11) is 0. The molecule has 2 aromatic rings. The lowest BCUT2D eigenvalue weighted by molar-refractivity contribution is 0.628. The highest BCUT2D eigenvalue weighted by molar-refractivity contribution is 5.78. The second kappa shape index (κ2) is 6.86. The van der Waals surface area contributed by atoms with Crippen LogP contribution in [-0.4, -0.2) is 23.1 Å². The van der Waals surface area contributed by atoms with Gasteiger partial charge in [0.2, 0.25) is 0 Å². The number of anilines is 4. The minimum Gasteiger partial charge on any atom is -0.393 e. The van der Waals surface area contributed by atoms with Crippen molar-refractivity contribution in [2.45, 2.75) is 0 Å². The smallest absolute Gasteiger partial charge is 0.159 e. The van der Waals surface area contributed by atoms with Gasteiger partial charge in [0.25, 0.3) is 0 Å². The van der Waals surface area contributed by atoms with E-state index in [9.17, 15) is 4.39 Å². The van der Waals surface area contributed by atoms with Gasteiger partial charge in [-0.15, -0.1) is 0 Å². The van der Waals surface area contributed by atoms with E-state index in [0.29, 0.717) is 17.3 Å². The Labute approximate surface area is 126 Å². The summed E-state index contributed by atoms with van der Waals surface area (Å²) in [5, 5.41) is 20.6. The van der Waals surface area contributed by atoms with Crippen LogP contribution in [0.15, 0.2) is 30.6 Å². The molecule has 0 spiro atoms. The van der Waals surface area contributed by atoms with E-state index in [4.69, 9.17) is 16.3 Å². The Balaban J connectivity index is 2.30. The Morgan fingerprint density at radius 3 is 2.36 bits per heavy atom. The van der Waals surface area contributed by atoms with Crippen LogP contribution in [0.4, 0.5) is 27.4 Å². The molecule has 0 fully saturated rings. The molecule has 1 aromatic heterocycles. The number of hydrogen-bond acceptors (Lipinski definition) is 7. The molecule has 2 rings (SSSR count). The SMILES string of the molecule is N#CCN(CC#N)c1ncnc(Nc2ccc(F)cc2)c1N. The maximum Gasteiger partial charge on any atom is 0.159 e. The summed E-state index contributed by atoms with van der Waals surface area (Å²) < 4.78 is 12.9. The van der Waals surface area contributed by atoms with Crippen molar-refractivity contribution < 1.29 is 4.39 Å². The monoisotopic (exact) mass is 297 g/mol. The second-order valence-electron chi connectivity index (χ2n) is 4.26. The van der Waals surface area contributed by atoms with Crippen molar-refractivity contribution in [2.24, 2.45) is 0 Å². The number of nitriles is 2. The molecule has 0 saturated carbocycles. The van der Waals surface area contributed by atoms with Crippen molar-refractivity contribution in [3.63, 3.8) is 0 Å². The van der Waals surface area contributed by atoms with Gasteiger partial charge in [-0.3, -0.25) is 0 Å². The van der Waals surface area contributed by atoms with Crippen molar-refractivity contribution >= 4 is 23.0 Å². The third-order valence-corrected chi connectivity index (χ3v) is 2.79. The topological polar surface area (TPSA) is 115 Å². The van der Waals surface area contributed by atoms with Gasteiger partial charge in [-0.1, -0.05) is 0 Å². The molecule has 0 amide bonds. The van der Waals surface area contributed by atoms with Gasteiger partial charge in [-0.05, 0) is 24.3 Å². The van der Waals surface area contributed by atoms with Gasteiger partial charge in [0.1, 0.15) is 30.9 Å². The molecule has 1 aromatic carbocycles. The van der Waals surface area contributed by atoms with Gasteiger partial charge in [-0.25, -0.2) is 14.4 Å². The Hall–Kier alpha value is -3.39. The molecule has 0 atom stereocenters. The predicted molar refractivity (Wildman–Crippen MR) is 79.6 cm³/mol. The molecule has 0 bridgehead atoms. The molecule has 8 heteroatoms. The first-order valence-corrected chi connectivity index (χ1v) is 6.27. The van der Waals surface area contributed by atoms with Crippen LogP contribution < -0.4 is 16.0 Å². The first kappa shape index (κ1) is 15.0. The quantitative estimate of drug-likeness (QED) is 0.808. The maximum absolute atomic E-state index is 12.9. The summed E-state index contributed by atoms with van der Waals surface area (Å²) in [5.74, 6) is 0.260. The van der Waals surface area contributed by atoms with Crippen LogP contribution >= 0.6 is 0 Å². The van der Waals surface area contributed by atoms with E-state index in [-0.39, 0.29) is 24.6 Å². The van der Waals surface area contributed by atoms with Crippen LogP contribution in [0.3, 0.4) is 0 Å². The summed E-state index contributed by atoms with van der Waals surface area (Å²) in [5.41, 5.74) is 6.81. The van der Waals surface area contributed by atoms with Crippen molar-refractivity contribution in [3.05, 3.63) is 36.4 Å². The zero-order valence-corrected chi connectivity index (χ0v) is 11.5. The van der Waals surface area contributed by atoms with Gasteiger partial charge in [0, 0.05) is 5.69 Å². The summed E-state index contributed by atoms with van der Waals surface area (Å²) in [6.07, 6.45) is 1.28. The highest BCUT2D eigenvalue weighted by atomic mass is 19.1. The number of hydrogen-bond donors (Lipinski definition) is 2. The van der Waals surface area contributed by atoms with Crippen LogP contribution in [0.2, 0.25) is 0 Å². The molecule has 0 radical (unpaired) electrons. The lowest BCUT2D eigenvalue weighted by Crippen LogP contribution is -2.26. The largest absolute Gasteiger partial charge is 0.393 e. The number of benzene rings is 1. The highest BCUT2D eigenvalue weighted by Gasteiger charge is 2.15. The molecule has 7 nitrogen and oxygen atoms in total. The fraction of sp³-hybridized carbons (Fsp3) is 0.143. The Kier molecular flexibility index (Phi) is 4.68. The molecule has 3 N–H and O–H groups in total. The van der Waals surface area contributed by atoms with Crippen molar-refractivity contribution in [1.29, 1.82) is 10.5 Å². The third kappa shape index (κ3) is 3.38. The van der Waals surface area contributed by atoms with Crippen LogP contribution in [0, 0.1) is 28.5 Å². The minimum atomic E-state index is -0.351. The first-order chi connectivity index (χ1) is 10.7. The number of aromatic nitrogens is 2. The van der Waals surface area contributed by atoms with Crippen molar-refractivity contribution in [2.75, 3.05) is 29.0 Å². The molecule has 22 heavy (non-hydrogen) atoms. The van der Waals surface area contributed by atoms with Gasteiger partial charge >= 0.3 is 0 Å².